The van der Waals surface area contributed by atoms with E-state index in [-0.39, 0.29) is 17.8 Å². The van der Waals surface area contributed by atoms with Crippen molar-refractivity contribution >= 4 is 11.9 Å². The van der Waals surface area contributed by atoms with Gasteiger partial charge in [0.15, 0.2) is 6.61 Å². The fourth-order valence-electron chi connectivity index (χ4n) is 2.35. The second-order valence-electron chi connectivity index (χ2n) is 5.76. The fourth-order valence-corrected chi connectivity index (χ4v) is 2.35. The summed E-state index contributed by atoms with van der Waals surface area (Å²) in [4.78, 5) is 22.8. The molecule has 0 aromatic heterocycles. The molecule has 0 spiro atoms. The molecule has 0 saturated carbocycles. The van der Waals surface area contributed by atoms with E-state index >= 15 is 0 Å². The Balaban J connectivity index is 1.97. The minimum absolute atomic E-state index is 0.204. The van der Waals surface area contributed by atoms with Crippen LogP contribution >= 0.6 is 0 Å². The normalized spacial score (nSPS) is 12.9. The van der Waals surface area contributed by atoms with Crippen LogP contribution in [0.15, 0.2) is 48.5 Å². The summed E-state index contributed by atoms with van der Waals surface area (Å²) >= 11 is 0. The lowest BCUT2D eigenvalue weighted by atomic mass is 9.99. The van der Waals surface area contributed by atoms with Gasteiger partial charge in [-0.25, -0.2) is 9.18 Å². The van der Waals surface area contributed by atoms with E-state index < -0.39 is 18.5 Å². The summed E-state index contributed by atoms with van der Waals surface area (Å²) in [7, 11) is 0. The van der Waals surface area contributed by atoms with Crippen LogP contribution in [0.1, 0.15) is 36.9 Å². The number of carbonyl (C=O) groups excluding carboxylic acids is 1. The van der Waals surface area contributed by atoms with Gasteiger partial charge in [0.2, 0.25) is 5.91 Å². The van der Waals surface area contributed by atoms with Crippen molar-refractivity contribution < 1.29 is 23.8 Å². The van der Waals surface area contributed by atoms with E-state index in [1.807, 2.05) is 6.92 Å². The number of benzene rings is 2. The first-order valence-electron chi connectivity index (χ1n) is 7.87. The van der Waals surface area contributed by atoms with Crippen molar-refractivity contribution in [1.29, 1.82) is 0 Å². The van der Waals surface area contributed by atoms with Crippen LogP contribution in [-0.2, 0) is 9.59 Å². The second-order valence-corrected chi connectivity index (χ2v) is 5.76. The van der Waals surface area contributed by atoms with Crippen molar-refractivity contribution in [2.45, 2.75) is 25.8 Å². The third-order valence-electron chi connectivity index (χ3n) is 3.84. The van der Waals surface area contributed by atoms with E-state index in [9.17, 15) is 14.0 Å². The second kappa shape index (κ2) is 8.28. The maximum Gasteiger partial charge on any atom is 0.341 e. The van der Waals surface area contributed by atoms with E-state index in [1.54, 1.807) is 43.3 Å². The van der Waals surface area contributed by atoms with Crippen LogP contribution in [0.3, 0.4) is 0 Å². The minimum Gasteiger partial charge on any atom is -0.482 e. The third kappa shape index (κ3) is 5.31. The number of rotatable bonds is 7. The molecule has 0 bridgehead atoms. The van der Waals surface area contributed by atoms with Gasteiger partial charge in [0, 0.05) is 0 Å². The molecule has 2 rings (SSSR count). The van der Waals surface area contributed by atoms with Crippen molar-refractivity contribution in [3.05, 3.63) is 65.5 Å². The molecule has 0 radical (unpaired) electrons. The predicted molar refractivity (Wildman–Crippen MR) is 90.9 cm³/mol. The Kier molecular flexibility index (Phi) is 6.11. The van der Waals surface area contributed by atoms with Gasteiger partial charge in [-0.1, -0.05) is 24.3 Å². The number of amides is 1. The molecular formula is C19H20FNO4. The summed E-state index contributed by atoms with van der Waals surface area (Å²) in [6.45, 7) is 3.15. The standard InChI is InChI=1S/C19H20FNO4/c1-12(15-4-3-5-16(20)10-15)19(24)21-13(2)14-6-8-17(9-7-14)25-11-18(22)23/h3-10,12-13H,11H2,1-2H3,(H,21,24)(H,22,23). The Bertz CT molecular complexity index is 745. The first-order valence-corrected chi connectivity index (χ1v) is 7.87. The van der Waals surface area contributed by atoms with Crippen molar-refractivity contribution in [2.75, 3.05) is 6.61 Å². The number of aliphatic carboxylic acids is 1. The molecule has 2 unspecified atom stereocenters. The van der Waals surface area contributed by atoms with Crippen molar-refractivity contribution in [2.24, 2.45) is 0 Å². The topological polar surface area (TPSA) is 75.6 Å². The van der Waals surface area contributed by atoms with Crippen LogP contribution in [0, 0.1) is 5.82 Å². The number of hydrogen-bond acceptors (Lipinski definition) is 3. The molecule has 0 fully saturated rings. The lowest BCUT2D eigenvalue weighted by molar-refractivity contribution is -0.139. The van der Waals surface area contributed by atoms with Gasteiger partial charge in [-0.3, -0.25) is 4.79 Å². The van der Waals surface area contributed by atoms with Gasteiger partial charge < -0.3 is 15.2 Å². The molecule has 0 aliphatic rings. The molecule has 0 heterocycles. The number of ether oxygens (including phenoxy) is 1. The molecule has 6 heteroatoms. The Morgan fingerprint density at radius 1 is 1.12 bits per heavy atom. The van der Waals surface area contributed by atoms with Crippen LogP contribution < -0.4 is 10.1 Å². The van der Waals surface area contributed by atoms with Crippen molar-refractivity contribution in [1.82, 2.24) is 5.32 Å². The Morgan fingerprint density at radius 3 is 2.40 bits per heavy atom. The summed E-state index contributed by atoms with van der Waals surface area (Å²) in [5.41, 5.74) is 1.46. The molecule has 1 amide bonds. The lowest BCUT2D eigenvalue weighted by Gasteiger charge is -2.18. The zero-order valence-corrected chi connectivity index (χ0v) is 14.0. The summed E-state index contributed by atoms with van der Waals surface area (Å²) < 4.78 is 18.4. The zero-order chi connectivity index (χ0) is 18.4. The third-order valence-corrected chi connectivity index (χ3v) is 3.84. The van der Waals surface area contributed by atoms with Gasteiger partial charge in [-0.15, -0.1) is 0 Å². The van der Waals surface area contributed by atoms with Crippen LogP contribution in [-0.4, -0.2) is 23.6 Å². The first-order chi connectivity index (χ1) is 11.9. The fraction of sp³-hybridized carbons (Fsp3) is 0.263. The molecule has 5 nitrogen and oxygen atoms in total. The smallest absolute Gasteiger partial charge is 0.341 e. The number of carbonyl (C=O) groups is 2. The molecule has 2 aromatic carbocycles. The van der Waals surface area contributed by atoms with Gasteiger partial charge in [-0.05, 0) is 49.2 Å². The molecule has 25 heavy (non-hydrogen) atoms. The summed E-state index contributed by atoms with van der Waals surface area (Å²) in [5.74, 6) is -1.66. The van der Waals surface area contributed by atoms with Crippen molar-refractivity contribution in [3.63, 3.8) is 0 Å². The van der Waals surface area contributed by atoms with Gasteiger partial charge in [-0.2, -0.15) is 0 Å². The van der Waals surface area contributed by atoms with Gasteiger partial charge in [0.1, 0.15) is 11.6 Å². The average Bonchev–Trinajstić information content (AvgIpc) is 2.59. The summed E-state index contributed by atoms with van der Waals surface area (Å²) in [6, 6.07) is 12.5. The average molecular weight is 345 g/mol. The van der Waals surface area contributed by atoms with Gasteiger partial charge in [0.05, 0.1) is 12.0 Å². The van der Waals surface area contributed by atoms with Crippen LogP contribution in [0.5, 0.6) is 5.75 Å². The monoisotopic (exact) mass is 345 g/mol. The van der Waals surface area contributed by atoms with Crippen LogP contribution in [0.25, 0.3) is 0 Å². The van der Waals surface area contributed by atoms with Crippen LogP contribution in [0.4, 0.5) is 4.39 Å². The molecule has 132 valence electrons. The number of halogens is 1. The summed E-state index contributed by atoms with van der Waals surface area (Å²) in [6.07, 6.45) is 0. The summed E-state index contributed by atoms with van der Waals surface area (Å²) in [5, 5.41) is 11.5. The number of hydrogen-bond donors (Lipinski definition) is 2. The SMILES string of the molecule is CC(NC(=O)C(C)c1cccc(F)c1)c1ccc(OCC(=O)O)cc1. The van der Waals surface area contributed by atoms with E-state index in [0.717, 1.165) is 5.56 Å². The van der Waals surface area contributed by atoms with Crippen molar-refractivity contribution in [3.8, 4) is 5.75 Å². The number of carboxylic acids is 1. The minimum atomic E-state index is -1.05. The highest BCUT2D eigenvalue weighted by Gasteiger charge is 2.18. The maximum atomic E-state index is 13.3. The highest BCUT2D eigenvalue weighted by molar-refractivity contribution is 5.83. The lowest BCUT2D eigenvalue weighted by Crippen LogP contribution is -2.30. The van der Waals surface area contributed by atoms with E-state index in [1.165, 1.54) is 12.1 Å². The Hall–Kier alpha value is -2.89. The van der Waals surface area contributed by atoms with E-state index in [2.05, 4.69) is 5.32 Å². The molecule has 2 N–H and O–H groups in total. The molecule has 2 atom stereocenters. The largest absolute Gasteiger partial charge is 0.482 e. The highest BCUT2D eigenvalue weighted by atomic mass is 19.1. The number of carboxylic acid groups (broad SMARTS) is 1. The molecule has 0 aliphatic carbocycles. The van der Waals surface area contributed by atoms with E-state index in [0.29, 0.717) is 11.3 Å². The predicted octanol–water partition coefficient (Wildman–Crippen LogP) is 3.27. The van der Waals surface area contributed by atoms with Crippen LogP contribution in [0.2, 0.25) is 0 Å². The van der Waals surface area contributed by atoms with Gasteiger partial charge >= 0.3 is 5.97 Å². The Morgan fingerprint density at radius 2 is 1.80 bits per heavy atom. The molecular weight excluding hydrogens is 325 g/mol. The number of nitrogens with one attached hydrogen (secondary N) is 1. The van der Waals surface area contributed by atoms with Gasteiger partial charge in [0.25, 0.3) is 0 Å². The van der Waals surface area contributed by atoms with E-state index in [4.69, 9.17) is 9.84 Å². The first kappa shape index (κ1) is 18.4. The zero-order valence-electron chi connectivity index (χ0n) is 14.0. The quantitative estimate of drug-likeness (QED) is 0.807. The highest BCUT2D eigenvalue weighted by Crippen LogP contribution is 2.21. The Labute approximate surface area is 145 Å². The molecule has 2 aromatic rings. The molecule has 0 aliphatic heterocycles. The maximum absolute atomic E-state index is 13.3. The molecule has 0 saturated heterocycles.